The van der Waals surface area contributed by atoms with E-state index in [-0.39, 0.29) is 12.5 Å². The lowest BCUT2D eigenvalue weighted by Crippen LogP contribution is -2.37. The summed E-state index contributed by atoms with van der Waals surface area (Å²) in [5.41, 5.74) is 2.29. The average molecular weight is 247 g/mol. The molecule has 1 saturated heterocycles. The first-order chi connectivity index (χ1) is 8.74. The average Bonchev–Trinajstić information content (AvgIpc) is 2.47. The molecule has 0 saturated carbocycles. The molecule has 0 spiro atoms. The predicted octanol–water partition coefficient (Wildman–Crippen LogP) is 2.29. The van der Waals surface area contributed by atoms with Gasteiger partial charge >= 0.3 is 0 Å². The second-order valence-electron chi connectivity index (χ2n) is 4.91. The van der Waals surface area contributed by atoms with Crippen molar-refractivity contribution in [1.29, 1.82) is 0 Å². The summed E-state index contributed by atoms with van der Waals surface area (Å²) in [5, 5.41) is 9.02. The largest absolute Gasteiger partial charge is 0.392 e. The monoisotopic (exact) mass is 247 g/mol. The molecule has 1 aliphatic heterocycles. The summed E-state index contributed by atoms with van der Waals surface area (Å²) in [6.07, 6.45) is 2.70. The summed E-state index contributed by atoms with van der Waals surface area (Å²) in [7, 11) is 0. The molecule has 1 aromatic rings. The van der Waals surface area contributed by atoms with E-state index in [9.17, 15) is 4.79 Å². The van der Waals surface area contributed by atoms with Gasteiger partial charge in [-0.2, -0.15) is 0 Å². The molecule has 0 unspecified atom stereocenters. The third-order valence-electron chi connectivity index (χ3n) is 3.78. The van der Waals surface area contributed by atoms with Gasteiger partial charge < -0.3 is 10.0 Å². The van der Waals surface area contributed by atoms with Gasteiger partial charge in [0.05, 0.1) is 6.61 Å². The number of carbonyl (C=O) groups is 1. The van der Waals surface area contributed by atoms with E-state index in [1.165, 1.54) is 5.56 Å². The first-order valence-corrected chi connectivity index (χ1v) is 6.72. The lowest BCUT2D eigenvalue weighted by molar-refractivity contribution is -0.131. The van der Waals surface area contributed by atoms with Crippen molar-refractivity contribution in [2.45, 2.75) is 38.7 Å². The number of amides is 1. The fourth-order valence-corrected chi connectivity index (χ4v) is 2.58. The van der Waals surface area contributed by atoms with Crippen LogP contribution in [0.1, 0.15) is 43.2 Å². The van der Waals surface area contributed by atoms with Crippen molar-refractivity contribution in [3.8, 4) is 0 Å². The number of carbonyl (C=O) groups excluding carboxylic acids is 1. The quantitative estimate of drug-likeness (QED) is 0.890. The third-order valence-corrected chi connectivity index (χ3v) is 3.78. The van der Waals surface area contributed by atoms with Gasteiger partial charge in [-0.15, -0.1) is 0 Å². The van der Waals surface area contributed by atoms with E-state index >= 15 is 0 Å². The number of hydrogen-bond donors (Lipinski definition) is 1. The maximum atomic E-state index is 11.6. The van der Waals surface area contributed by atoms with Gasteiger partial charge in [-0.05, 0) is 29.9 Å². The van der Waals surface area contributed by atoms with Crippen LogP contribution >= 0.6 is 0 Å². The highest BCUT2D eigenvalue weighted by atomic mass is 16.3. The van der Waals surface area contributed by atoms with Crippen molar-refractivity contribution >= 4 is 5.91 Å². The Bertz CT molecular complexity index is 391. The number of aliphatic hydroxyl groups is 1. The summed E-state index contributed by atoms with van der Waals surface area (Å²) >= 11 is 0. The highest BCUT2D eigenvalue weighted by molar-refractivity contribution is 5.75. The van der Waals surface area contributed by atoms with Crippen LogP contribution in [0.5, 0.6) is 0 Å². The minimum atomic E-state index is 0.101. The summed E-state index contributed by atoms with van der Waals surface area (Å²) in [6, 6.07) is 8.18. The minimum Gasteiger partial charge on any atom is -0.392 e. The Balaban J connectivity index is 1.94. The van der Waals surface area contributed by atoms with Crippen LogP contribution in [0.15, 0.2) is 24.3 Å². The molecule has 1 amide bonds. The molecule has 1 aromatic carbocycles. The number of benzene rings is 1. The summed E-state index contributed by atoms with van der Waals surface area (Å²) < 4.78 is 0. The Morgan fingerprint density at radius 1 is 1.28 bits per heavy atom. The zero-order valence-corrected chi connectivity index (χ0v) is 10.9. The van der Waals surface area contributed by atoms with Gasteiger partial charge in [0.2, 0.25) is 5.91 Å². The Morgan fingerprint density at radius 3 is 2.39 bits per heavy atom. The van der Waals surface area contributed by atoms with Crippen molar-refractivity contribution in [2.75, 3.05) is 13.1 Å². The van der Waals surface area contributed by atoms with Crippen LogP contribution in [0.2, 0.25) is 0 Å². The second kappa shape index (κ2) is 6.01. The molecule has 3 nitrogen and oxygen atoms in total. The molecule has 0 aliphatic carbocycles. The van der Waals surface area contributed by atoms with Crippen LogP contribution in [-0.4, -0.2) is 29.0 Å². The molecule has 0 radical (unpaired) electrons. The first kappa shape index (κ1) is 13.1. The van der Waals surface area contributed by atoms with Crippen molar-refractivity contribution in [3.63, 3.8) is 0 Å². The van der Waals surface area contributed by atoms with E-state index in [0.717, 1.165) is 31.5 Å². The maximum absolute atomic E-state index is 11.6. The smallest absolute Gasteiger partial charge is 0.222 e. The molecule has 98 valence electrons. The molecule has 2 rings (SSSR count). The van der Waals surface area contributed by atoms with Crippen molar-refractivity contribution < 1.29 is 9.90 Å². The van der Waals surface area contributed by atoms with Crippen LogP contribution in [-0.2, 0) is 11.4 Å². The highest BCUT2D eigenvalue weighted by Gasteiger charge is 2.22. The Labute approximate surface area is 108 Å². The number of hydrogen-bond acceptors (Lipinski definition) is 2. The molecule has 1 fully saturated rings. The Hall–Kier alpha value is -1.35. The van der Waals surface area contributed by atoms with Crippen LogP contribution in [0.3, 0.4) is 0 Å². The predicted molar refractivity (Wildman–Crippen MR) is 71.2 cm³/mol. The fourth-order valence-electron chi connectivity index (χ4n) is 2.58. The molecule has 0 aromatic heterocycles. The molecular weight excluding hydrogens is 226 g/mol. The van der Waals surface area contributed by atoms with E-state index in [2.05, 4.69) is 12.1 Å². The first-order valence-electron chi connectivity index (χ1n) is 6.72. The molecule has 3 heteroatoms. The Kier molecular flexibility index (Phi) is 4.37. The summed E-state index contributed by atoms with van der Waals surface area (Å²) in [5.74, 6) is 0.822. The highest BCUT2D eigenvalue weighted by Crippen LogP contribution is 2.28. The number of piperidine rings is 1. The van der Waals surface area contributed by atoms with E-state index in [4.69, 9.17) is 5.11 Å². The normalized spacial score (nSPS) is 16.9. The van der Waals surface area contributed by atoms with Gasteiger partial charge in [-0.25, -0.2) is 0 Å². The zero-order chi connectivity index (χ0) is 13.0. The molecule has 18 heavy (non-hydrogen) atoms. The number of likely N-dealkylation sites (tertiary alicyclic amines) is 1. The zero-order valence-electron chi connectivity index (χ0n) is 10.9. The standard InChI is InChI=1S/C15H21NO2/c1-2-15(18)16-9-7-14(8-10-16)13-5-3-12(11-17)4-6-13/h3-6,14,17H,2,7-11H2,1H3. The van der Waals surface area contributed by atoms with Crippen molar-refractivity contribution in [2.24, 2.45) is 0 Å². The van der Waals surface area contributed by atoms with E-state index in [0.29, 0.717) is 12.3 Å². The molecule has 1 aliphatic rings. The Morgan fingerprint density at radius 2 is 1.89 bits per heavy atom. The van der Waals surface area contributed by atoms with Crippen molar-refractivity contribution in [1.82, 2.24) is 4.90 Å². The van der Waals surface area contributed by atoms with Crippen molar-refractivity contribution in [3.05, 3.63) is 35.4 Å². The van der Waals surface area contributed by atoms with Crippen LogP contribution in [0, 0.1) is 0 Å². The van der Waals surface area contributed by atoms with Gasteiger partial charge in [0.25, 0.3) is 0 Å². The van der Waals surface area contributed by atoms with E-state index in [1.54, 1.807) is 0 Å². The lowest BCUT2D eigenvalue weighted by atomic mass is 9.89. The third kappa shape index (κ3) is 2.91. The molecule has 1 heterocycles. The molecule has 1 N–H and O–H groups in total. The SMILES string of the molecule is CCC(=O)N1CCC(c2ccc(CO)cc2)CC1. The molecule has 0 bridgehead atoms. The lowest BCUT2D eigenvalue weighted by Gasteiger charge is -2.32. The topological polar surface area (TPSA) is 40.5 Å². The van der Waals surface area contributed by atoms with Crippen LogP contribution in [0.25, 0.3) is 0 Å². The van der Waals surface area contributed by atoms with Gasteiger partial charge in [-0.1, -0.05) is 31.2 Å². The van der Waals surface area contributed by atoms with Gasteiger partial charge in [0.15, 0.2) is 0 Å². The van der Waals surface area contributed by atoms with E-state index in [1.807, 2.05) is 24.0 Å². The minimum absolute atomic E-state index is 0.101. The van der Waals surface area contributed by atoms with Crippen LogP contribution in [0.4, 0.5) is 0 Å². The molecular formula is C15H21NO2. The number of aliphatic hydroxyl groups excluding tert-OH is 1. The maximum Gasteiger partial charge on any atom is 0.222 e. The summed E-state index contributed by atoms with van der Waals surface area (Å²) in [6.45, 7) is 3.77. The van der Waals surface area contributed by atoms with Crippen LogP contribution < -0.4 is 0 Å². The summed E-state index contributed by atoms with van der Waals surface area (Å²) in [4.78, 5) is 13.6. The van der Waals surface area contributed by atoms with Gasteiger partial charge in [-0.3, -0.25) is 4.79 Å². The number of rotatable bonds is 3. The number of nitrogens with zero attached hydrogens (tertiary/aromatic N) is 1. The van der Waals surface area contributed by atoms with Gasteiger partial charge in [0, 0.05) is 19.5 Å². The van der Waals surface area contributed by atoms with Gasteiger partial charge in [0.1, 0.15) is 0 Å². The fraction of sp³-hybridized carbons (Fsp3) is 0.533. The second-order valence-corrected chi connectivity index (χ2v) is 4.91. The van der Waals surface area contributed by atoms with E-state index < -0.39 is 0 Å². The molecule has 0 atom stereocenters.